The zero-order chi connectivity index (χ0) is 22.6. The summed E-state index contributed by atoms with van der Waals surface area (Å²) < 4.78 is 0. The Morgan fingerprint density at radius 2 is 1.78 bits per heavy atom. The third kappa shape index (κ3) is 4.16. The average molecular weight is 513 g/mol. The lowest BCUT2D eigenvalue weighted by molar-refractivity contribution is -0.125. The van der Waals surface area contributed by atoms with Gasteiger partial charge in [0.2, 0.25) is 5.91 Å². The second kappa shape index (κ2) is 8.28. The Bertz CT molecular complexity index is 1110. The number of rotatable bonds is 5. The van der Waals surface area contributed by atoms with Gasteiger partial charge in [-0.2, -0.15) is 0 Å². The Labute approximate surface area is 206 Å². The fraction of sp³-hybridized carbons (Fsp3) is 0.391. The first-order chi connectivity index (χ1) is 15.2. The van der Waals surface area contributed by atoms with Gasteiger partial charge in [-0.1, -0.05) is 57.6 Å². The van der Waals surface area contributed by atoms with Gasteiger partial charge < -0.3 is 15.1 Å². The summed E-state index contributed by atoms with van der Waals surface area (Å²) in [6.45, 7) is 3.29. The summed E-state index contributed by atoms with van der Waals surface area (Å²) in [6.07, 6.45) is 2.73. The van der Waals surface area contributed by atoms with E-state index in [-0.39, 0.29) is 11.8 Å². The molecule has 5 rings (SSSR count). The number of carbonyl (C=O) groups excluding carboxylic acids is 1. The maximum Gasteiger partial charge on any atom is 0.226 e. The van der Waals surface area contributed by atoms with E-state index in [0.717, 1.165) is 35.4 Å². The minimum absolute atomic E-state index is 0.0256. The zero-order valence-corrected chi connectivity index (χ0v) is 20.3. The van der Waals surface area contributed by atoms with Crippen LogP contribution in [-0.2, 0) is 15.2 Å². The molecule has 1 unspecified atom stereocenters. The number of nitrogens with zero attached hydrogens (tertiary/aromatic N) is 2. The van der Waals surface area contributed by atoms with Crippen molar-refractivity contribution in [3.05, 3.63) is 61.5 Å². The Kier molecular flexibility index (Phi) is 5.73. The second-order valence-corrected chi connectivity index (χ2v) is 10.4. The monoisotopic (exact) mass is 511 g/mol. The van der Waals surface area contributed by atoms with Gasteiger partial charge in [0.15, 0.2) is 5.60 Å². The summed E-state index contributed by atoms with van der Waals surface area (Å²) in [7, 11) is 0. The van der Waals surface area contributed by atoms with Gasteiger partial charge >= 0.3 is 0 Å². The number of benzene rings is 2. The van der Waals surface area contributed by atoms with Crippen molar-refractivity contribution in [2.75, 3.05) is 18.0 Å². The molecule has 0 bridgehead atoms. The zero-order valence-electron chi connectivity index (χ0n) is 17.3. The number of nitrogens with one attached hydrogen (secondary N) is 1. The quantitative estimate of drug-likeness (QED) is 0.495. The summed E-state index contributed by atoms with van der Waals surface area (Å²) in [5, 5.41) is 9.07. The van der Waals surface area contributed by atoms with Crippen molar-refractivity contribution in [3.63, 3.8) is 0 Å². The smallest absolute Gasteiger partial charge is 0.226 e. The van der Waals surface area contributed by atoms with E-state index in [1.165, 1.54) is 0 Å². The summed E-state index contributed by atoms with van der Waals surface area (Å²) in [5.41, 5.74) is 2.68. The van der Waals surface area contributed by atoms with E-state index in [1.807, 2.05) is 25.1 Å². The molecule has 2 heterocycles. The standard InChI is InChI=1S/C23H21Cl4N3O2/c1-23(14-7-17(25)21(27)18(26)8-14)9-19(29-32-23)12-2-5-20(16(24)6-12)30-10-13(11-30)22(31)28-15-3-4-15/h2,5-8,13,15H,3-4,9-11H2,1H3,(H,28,31). The summed E-state index contributed by atoms with van der Waals surface area (Å²) in [4.78, 5) is 20.1. The van der Waals surface area contributed by atoms with Crippen molar-refractivity contribution >= 4 is 63.7 Å². The van der Waals surface area contributed by atoms with Gasteiger partial charge in [0.05, 0.1) is 37.4 Å². The highest BCUT2D eigenvalue weighted by Crippen LogP contribution is 2.42. The molecule has 1 saturated carbocycles. The first kappa shape index (κ1) is 22.1. The van der Waals surface area contributed by atoms with Crippen molar-refractivity contribution in [1.82, 2.24) is 5.32 Å². The number of oxime groups is 1. The fourth-order valence-corrected chi connectivity index (χ4v) is 4.94. The maximum atomic E-state index is 12.2. The predicted octanol–water partition coefficient (Wildman–Crippen LogP) is 6.05. The number of hydrogen-bond acceptors (Lipinski definition) is 4. The van der Waals surface area contributed by atoms with E-state index in [9.17, 15) is 4.79 Å². The topological polar surface area (TPSA) is 53.9 Å². The number of anilines is 1. The van der Waals surface area contributed by atoms with E-state index in [2.05, 4.69) is 15.4 Å². The fourth-order valence-electron chi connectivity index (χ4n) is 4.04. The summed E-state index contributed by atoms with van der Waals surface area (Å²) in [6, 6.07) is 9.74. The van der Waals surface area contributed by atoms with Crippen LogP contribution < -0.4 is 10.2 Å². The number of amides is 1. The molecule has 2 aromatic rings. The summed E-state index contributed by atoms with van der Waals surface area (Å²) >= 11 is 25.1. The largest absolute Gasteiger partial charge is 0.384 e. The lowest BCUT2D eigenvalue weighted by Gasteiger charge is -2.40. The number of carbonyl (C=O) groups is 1. The summed E-state index contributed by atoms with van der Waals surface area (Å²) in [5.74, 6) is 0.174. The minimum Gasteiger partial charge on any atom is -0.384 e. The third-order valence-electron chi connectivity index (χ3n) is 6.25. The van der Waals surface area contributed by atoms with E-state index >= 15 is 0 Å². The van der Waals surface area contributed by atoms with Crippen LogP contribution in [0.25, 0.3) is 0 Å². The van der Waals surface area contributed by atoms with E-state index in [4.69, 9.17) is 51.2 Å². The van der Waals surface area contributed by atoms with Gasteiger partial charge in [-0.15, -0.1) is 0 Å². The van der Waals surface area contributed by atoms with Crippen LogP contribution in [0.15, 0.2) is 35.5 Å². The predicted molar refractivity (Wildman–Crippen MR) is 129 cm³/mol. The number of hydrogen-bond donors (Lipinski definition) is 1. The van der Waals surface area contributed by atoms with Crippen LogP contribution in [0.5, 0.6) is 0 Å². The molecule has 1 N–H and O–H groups in total. The molecule has 1 atom stereocenters. The van der Waals surface area contributed by atoms with Gasteiger partial charge in [-0.25, -0.2) is 0 Å². The Morgan fingerprint density at radius 1 is 1.09 bits per heavy atom. The van der Waals surface area contributed by atoms with Crippen LogP contribution in [0.1, 0.15) is 37.3 Å². The third-order valence-corrected chi connectivity index (χ3v) is 7.75. The molecule has 1 amide bonds. The van der Waals surface area contributed by atoms with Crippen molar-refractivity contribution in [2.45, 2.75) is 37.8 Å². The lowest BCUT2D eigenvalue weighted by atomic mass is 9.89. The van der Waals surface area contributed by atoms with E-state index in [1.54, 1.807) is 12.1 Å². The van der Waals surface area contributed by atoms with Crippen LogP contribution in [0.2, 0.25) is 20.1 Å². The molecule has 168 valence electrons. The molecule has 0 spiro atoms. The molecular weight excluding hydrogens is 492 g/mol. The molecule has 3 aliphatic rings. The Balaban J connectivity index is 1.26. The highest BCUT2D eigenvalue weighted by atomic mass is 35.5. The maximum absolute atomic E-state index is 12.2. The molecule has 0 aromatic heterocycles. The van der Waals surface area contributed by atoms with Crippen LogP contribution >= 0.6 is 46.4 Å². The highest BCUT2D eigenvalue weighted by Gasteiger charge is 2.39. The van der Waals surface area contributed by atoms with Gasteiger partial charge in [-0.05, 0) is 44.0 Å². The van der Waals surface area contributed by atoms with Crippen LogP contribution in [0.3, 0.4) is 0 Å². The van der Waals surface area contributed by atoms with Crippen molar-refractivity contribution in [2.24, 2.45) is 11.1 Å². The van der Waals surface area contributed by atoms with Crippen molar-refractivity contribution < 1.29 is 9.63 Å². The molecule has 2 aromatic carbocycles. The molecule has 0 radical (unpaired) electrons. The molecule has 2 fully saturated rings. The van der Waals surface area contributed by atoms with Gasteiger partial charge in [0, 0.05) is 36.7 Å². The highest BCUT2D eigenvalue weighted by molar-refractivity contribution is 6.48. The average Bonchev–Trinajstić information content (AvgIpc) is 3.43. The van der Waals surface area contributed by atoms with Crippen molar-refractivity contribution in [3.8, 4) is 0 Å². The Morgan fingerprint density at radius 3 is 2.41 bits per heavy atom. The Hall–Kier alpha value is -1.66. The first-order valence-electron chi connectivity index (χ1n) is 10.5. The number of halogens is 4. The van der Waals surface area contributed by atoms with Crippen LogP contribution in [-0.4, -0.2) is 30.8 Å². The molecular formula is C23H21Cl4N3O2. The minimum atomic E-state index is -0.710. The molecule has 32 heavy (non-hydrogen) atoms. The molecule has 1 aliphatic carbocycles. The van der Waals surface area contributed by atoms with Crippen molar-refractivity contribution in [1.29, 1.82) is 0 Å². The van der Waals surface area contributed by atoms with E-state index < -0.39 is 5.60 Å². The van der Waals surface area contributed by atoms with E-state index in [0.29, 0.717) is 45.6 Å². The second-order valence-electron chi connectivity index (χ2n) is 8.84. The normalized spacial score (nSPS) is 22.9. The lowest BCUT2D eigenvalue weighted by Crippen LogP contribution is -2.54. The molecule has 9 heteroatoms. The molecule has 2 aliphatic heterocycles. The van der Waals surface area contributed by atoms with Gasteiger partial charge in [-0.3, -0.25) is 4.79 Å². The van der Waals surface area contributed by atoms with Crippen LogP contribution in [0, 0.1) is 5.92 Å². The molecule has 5 nitrogen and oxygen atoms in total. The first-order valence-corrected chi connectivity index (χ1v) is 12.0. The van der Waals surface area contributed by atoms with Gasteiger partial charge in [0.1, 0.15) is 0 Å². The SMILES string of the molecule is CC1(c2cc(Cl)c(Cl)c(Cl)c2)CC(c2ccc(N3CC(C(=O)NC4CC4)C3)c(Cl)c2)=NO1. The van der Waals surface area contributed by atoms with Crippen LogP contribution in [0.4, 0.5) is 5.69 Å². The molecule has 1 saturated heterocycles. The van der Waals surface area contributed by atoms with Gasteiger partial charge in [0.25, 0.3) is 0 Å².